The first-order valence-corrected chi connectivity index (χ1v) is 7.61. The molecule has 22 heavy (non-hydrogen) atoms. The van der Waals surface area contributed by atoms with Crippen molar-refractivity contribution in [1.82, 2.24) is 0 Å². The van der Waals surface area contributed by atoms with Gasteiger partial charge in [-0.1, -0.05) is 0 Å². The highest BCUT2D eigenvalue weighted by Crippen LogP contribution is 2.38. The Morgan fingerprint density at radius 3 is 1.55 bits per heavy atom. The van der Waals surface area contributed by atoms with Crippen LogP contribution < -0.4 is 0 Å². The third-order valence-electron chi connectivity index (χ3n) is 2.94. The molecule has 10 heteroatoms. The third kappa shape index (κ3) is 2.70. The Labute approximate surface area is 123 Å². The van der Waals surface area contributed by atoms with Crippen LogP contribution in [0.15, 0.2) is 58.3 Å². The zero-order valence-corrected chi connectivity index (χ0v) is 11.7. The smallest absolute Gasteiger partial charge is 0.316 e. The summed E-state index contributed by atoms with van der Waals surface area (Å²) in [6.45, 7) is 0. The Hall–Kier alpha value is -2.69. The fourth-order valence-electron chi connectivity index (χ4n) is 1.76. The number of nitro benzene ring substituents is 1. The maximum atomic E-state index is 12.4. The highest BCUT2D eigenvalue weighted by atomic mass is 32.3. The molecule has 116 valence electrons. The highest BCUT2D eigenvalue weighted by molar-refractivity contribution is 8.10. The van der Waals surface area contributed by atoms with Crippen LogP contribution in [-0.4, -0.2) is 28.4 Å². The lowest BCUT2D eigenvalue weighted by Gasteiger charge is -2.43. The van der Waals surface area contributed by atoms with E-state index in [1.807, 2.05) is 0 Å². The first-order chi connectivity index (χ1) is 10.1. The molecule has 0 aromatic heterocycles. The van der Waals surface area contributed by atoms with Crippen molar-refractivity contribution in [3.63, 3.8) is 0 Å². The molecule has 2 aromatic carbocycles. The Morgan fingerprint density at radius 2 is 1.23 bits per heavy atom. The van der Waals surface area contributed by atoms with Crippen molar-refractivity contribution < 1.29 is 28.4 Å². The standard InChI is InChI=1S/C12H10N2O7S/c15-13(16)9-1-5-11(6-2-9)22(19,20,21)12-7-3-10(4-8-12)14(17)18/h1-8H,(H2-,15,16,19,20,21). The van der Waals surface area contributed by atoms with Gasteiger partial charge in [0.15, 0.2) is 0 Å². The summed E-state index contributed by atoms with van der Waals surface area (Å²) < 4.78 is 34.9. The molecule has 0 unspecified atom stereocenters. The Morgan fingerprint density at radius 1 is 0.864 bits per heavy atom. The lowest BCUT2D eigenvalue weighted by atomic mass is 10.3. The number of rotatable bonds is 4. The van der Waals surface area contributed by atoms with Crippen LogP contribution in [-0.2, 0) is 9.63 Å². The monoisotopic (exact) mass is 326 g/mol. The molecule has 0 heterocycles. The van der Waals surface area contributed by atoms with Gasteiger partial charge in [-0.05, 0) is 33.9 Å². The number of benzene rings is 2. The lowest BCUT2D eigenvalue weighted by Crippen LogP contribution is -2.32. The molecule has 0 aliphatic heterocycles. The molecule has 2 N–H and O–H groups in total. The molecule has 0 saturated carbocycles. The van der Waals surface area contributed by atoms with Gasteiger partial charge >= 0.3 is 5.69 Å². The van der Waals surface area contributed by atoms with Gasteiger partial charge in [-0.25, -0.2) is 5.21 Å². The quantitative estimate of drug-likeness (QED) is 0.647. The SMILES string of the molecule is O=[N+]([O-])c1ccc(S(=O)([O-])(O)c2ccc([N+](=O)O)cc2)cc1. The number of hydrogen-bond acceptors (Lipinski definition) is 5. The van der Waals surface area contributed by atoms with Crippen molar-refractivity contribution in [2.75, 3.05) is 0 Å². The minimum atomic E-state index is -5.70. The van der Waals surface area contributed by atoms with Gasteiger partial charge in [0.05, 0.1) is 9.83 Å². The van der Waals surface area contributed by atoms with E-state index in [0.717, 1.165) is 48.5 Å². The number of nitro groups is 1. The first-order valence-electron chi connectivity index (χ1n) is 5.76. The summed E-state index contributed by atoms with van der Waals surface area (Å²) in [5.41, 5.74) is -0.555. The average Bonchev–Trinajstić information content (AvgIpc) is 2.47. The second-order valence-corrected chi connectivity index (χ2v) is 6.97. The number of hydrogen-bond donors (Lipinski definition) is 2. The molecule has 0 radical (unpaired) electrons. The zero-order chi connectivity index (χ0) is 16.6. The van der Waals surface area contributed by atoms with Crippen LogP contribution in [0.2, 0.25) is 0 Å². The largest absolute Gasteiger partial charge is 0.762 e. The number of nitrogens with zero attached hydrogens (tertiary/aromatic N) is 2. The summed E-state index contributed by atoms with van der Waals surface area (Å²) in [7, 11) is -5.70. The van der Waals surface area contributed by atoms with Gasteiger partial charge < -0.3 is 9.11 Å². The molecular weight excluding hydrogens is 316 g/mol. The fourth-order valence-corrected chi connectivity index (χ4v) is 3.26. The second kappa shape index (κ2) is 4.94. The van der Waals surface area contributed by atoms with Gasteiger partial charge in [-0.15, -0.1) is 0 Å². The average molecular weight is 326 g/mol. The van der Waals surface area contributed by atoms with E-state index in [2.05, 4.69) is 0 Å². The third-order valence-corrected chi connectivity index (χ3v) is 5.14. The molecule has 0 amide bonds. The zero-order valence-electron chi connectivity index (χ0n) is 10.9. The van der Waals surface area contributed by atoms with Crippen LogP contribution in [0.4, 0.5) is 11.4 Å². The van der Waals surface area contributed by atoms with E-state index in [1.54, 1.807) is 0 Å². The van der Waals surface area contributed by atoms with Crippen molar-refractivity contribution in [2.45, 2.75) is 9.79 Å². The molecule has 0 aliphatic carbocycles. The van der Waals surface area contributed by atoms with Crippen molar-refractivity contribution in [3.05, 3.63) is 63.6 Å². The van der Waals surface area contributed by atoms with E-state index in [0.29, 0.717) is 0 Å². The van der Waals surface area contributed by atoms with Gasteiger partial charge in [0, 0.05) is 34.1 Å². The van der Waals surface area contributed by atoms with Crippen LogP contribution in [0.1, 0.15) is 0 Å². The van der Waals surface area contributed by atoms with Crippen LogP contribution in [0, 0.1) is 15.0 Å². The summed E-state index contributed by atoms with van der Waals surface area (Å²) in [6.07, 6.45) is 0. The molecular formula is C12H10N2O7S. The van der Waals surface area contributed by atoms with E-state index in [9.17, 15) is 28.3 Å². The van der Waals surface area contributed by atoms with E-state index < -0.39 is 29.3 Å². The van der Waals surface area contributed by atoms with Crippen molar-refractivity contribution in [1.29, 1.82) is 0 Å². The minimum Gasteiger partial charge on any atom is -0.762 e. The molecule has 0 spiro atoms. The van der Waals surface area contributed by atoms with Gasteiger partial charge in [0.2, 0.25) is 0 Å². The maximum absolute atomic E-state index is 12.4. The molecule has 0 saturated heterocycles. The topological polar surface area (TPSA) is 144 Å². The van der Waals surface area contributed by atoms with E-state index in [4.69, 9.17) is 5.21 Å². The van der Waals surface area contributed by atoms with Crippen LogP contribution >= 0.6 is 0 Å². The van der Waals surface area contributed by atoms with Crippen LogP contribution in [0.5, 0.6) is 0 Å². The van der Waals surface area contributed by atoms with E-state index >= 15 is 0 Å². The minimum absolute atomic E-state index is 0.226. The highest BCUT2D eigenvalue weighted by Gasteiger charge is 2.27. The summed E-state index contributed by atoms with van der Waals surface area (Å²) >= 11 is 0. The molecule has 0 aliphatic rings. The van der Waals surface area contributed by atoms with Crippen molar-refractivity contribution in [3.8, 4) is 0 Å². The van der Waals surface area contributed by atoms with Gasteiger partial charge in [-0.3, -0.25) is 14.3 Å². The second-order valence-electron chi connectivity index (χ2n) is 4.35. The van der Waals surface area contributed by atoms with Crippen molar-refractivity contribution >= 4 is 21.0 Å². The summed E-state index contributed by atoms with van der Waals surface area (Å²) in [4.78, 5) is 19.0. The van der Waals surface area contributed by atoms with Crippen LogP contribution in [0.25, 0.3) is 0 Å². The van der Waals surface area contributed by atoms with Crippen LogP contribution in [0.3, 0.4) is 0 Å². The van der Waals surface area contributed by atoms with Gasteiger partial charge in [-0.2, -0.15) is 0 Å². The summed E-state index contributed by atoms with van der Waals surface area (Å²) in [5, 5.41) is 19.2. The van der Waals surface area contributed by atoms with Crippen molar-refractivity contribution in [2.24, 2.45) is 0 Å². The van der Waals surface area contributed by atoms with Gasteiger partial charge in [0.1, 0.15) is 0 Å². The molecule has 9 nitrogen and oxygen atoms in total. The molecule has 2 rings (SSSR count). The molecule has 0 bridgehead atoms. The predicted molar refractivity (Wildman–Crippen MR) is 72.7 cm³/mol. The van der Waals surface area contributed by atoms with Gasteiger partial charge in [0.25, 0.3) is 10.6 Å². The fraction of sp³-hybridized carbons (Fsp3) is 0. The van der Waals surface area contributed by atoms with E-state index in [-0.39, 0.29) is 11.4 Å². The number of non-ortho nitro benzene ring substituents is 1. The first kappa shape index (κ1) is 15.7. The molecule has 0 fully saturated rings. The molecule has 2 aromatic rings. The summed E-state index contributed by atoms with van der Waals surface area (Å²) in [5.74, 6) is 0. The Balaban J connectivity index is 2.51. The maximum Gasteiger partial charge on any atom is 0.316 e. The summed E-state index contributed by atoms with van der Waals surface area (Å²) in [6, 6.07) is 7.54. The predicted octanol–water partition coefficient (Wildman–Crippen LogP) is 2.24. The molecule has 0 atom stereocenters. The lowest BCUT2D eigenvalue weighted by molar-refractivity contribution is -0.729. The normalized spacial score (nSPS) is 13.1. The Bertz CT molecular complexity index is 745. The Kier molecular flexibility index (Phi) is 3.53. The number of sulfone groups is 1. The van der Waals surface area contributed by atoms with E-state index in [1.165, 1.54) is 0 Å².